The van der Waals surface area contributed by atoms with Gasteiger partial charge in [-0.1, -0.05) is 0 Å². The van der Waals surface area contributed by atoms with Crippen LogP contribution in [0.15, 0.2) is 22.7 Å². The molecule has 0 bridgehead atoms. The van der Waals surface area contributed by atoms with Gasteiger partial charge >= 0.3 is 5.97 Å². The fourth-order valence-electron chi connectivity index (χ4n) is 1.37. The van der Waals surface area contributed by atoms with E-state index in [9.17, 15) is 9.59 Å². The van der Waals surface area contributed by atoms with Gasteiger partial charge in [-0.05, 0) is 41.1 Å². The van der Waals surface area contributed by atoms with Crippen LogP contribution in [0, 0.1) is 0 Å². The Hall–Kier alpha value is -1.60. The number of amides is 1. The molecule has 0 fully saturated rings. The Labute approximate surface area is 125 Å². The average molecular weight is 345 g/mol. The Morgan fingerprint density at radius 3 is 2.75 bits per heavy atom. The molecule has 0 aliphatic carbocycles. The summed E-state index contributed by atoms with van der Waals surface area (Å²) in [7, 11) is 1.54. The van der Waals surface area contributed by atoms with E-state index in [1.165, 1.54) is 20.1 Å². The molecule has 20 heavy (non-hydrogen) atoms. The molecule has 1 rings (SSSR count). The topological polar surface area (TPSA) is 90.6 Å². The predicted octanol–water partition coefficient (Wildman–Crippen LogP) is 1.34. The highest BCUT2D eigenvalue weighted by atomic mass is 79.9. The normalized spacial score (nSPS) is 11.8. The molecule has 0 saturated carbocycles. The molecule has 0 aliphatic heterocycles. The molecule has 1 amide bonds. The molecular weight excluding hydrogens is 328 g/mol. The first kappa shape index (κ1) is 16.5. The molecule has 0 heterocycles. The molecule has 6 nitrogen and oxygen atoms in total. The van der Waals surface area contributed by atoms with Gasteiger partial charge in [-0.3, -0.25) is 4.79 Å². The summed E-state index contributed by atoms with van der Waals surface area (Å²) in [5, 5.41) is 2.59. The van der Waals surface area contributed by atoms with Gasteiger partial charge in [0, 0.05) is 23.8 Å². The number of nitrogens with two attached hydrogens (primary N) is 1. The quantitative estimate of drug-likeness (QED) is 0.461. The molecule has 3 N–H and O–H groups in total. The smallest absolute Gasteiger partial charge is 0.338 e. The van der Waals surface area contributed by atoms with Crippen LogP contribution in [0.3, 0.4) is 0 Å². The molecule has 1 atom stereocenters. The van der Waals surface area contributed by atoms with Crippen molar-refractivity contribution < 1.29 is 19.1 Å². The Morgan fingerprint density at radius 2 is 2.15 bits per heavy atom. The van der Waals surface area contributed by atoms with E-state index in [4.69, 9.17) is 15.2 Å². The summed E-state index contributed by atoms with van der Waals surface area (Å²) in [5.41, 5.74) is 6.40. The number of esters is 1. The third-order valence-corrected chi connectivity index (χ3v) is 3.21. The zero-order valence-corrected chi connectivity index (χ0v) is 12.9. The van der Waals surface area contributed by atoms with Crippen LogP contribution in [0.5, 0.6) is 0 Å². The zero-order chi connectivity index (χ0) is 15.1. The number of rotatable bonds is 6. The number of nitrogens with one attached hydrogen (secondary N) is 1. The molecule has 1 aromatic rings. The minimum Gasteiger partial charge on any atom is -0.449 e. The monoisotopic (exact) mass is 344 g/mol. The van der Waals surface area contributed by atoms with Gasteiger partial charge in [0.1, 0.15) is 0 Å². The van der Waals surface area contributed by atoms with E-state index in [1.54, 1.807) is 12.1 Å². The van der Waals surface area contributed by atoms with Crippen LogP contribution in [0.1, 0.15) is 17.3 Å². The maximum Gasteiger partial charge on any atom is 0.338 e. The van der Waals surface area contributed by atoms with Gasteiger partial charge in [0.15, 0.2) is 6.10 Å². The van der Waals surface area contributed by atoms with Crippen molar-refractivity contribution in [2.24, 2.45) is 0 Å². The van der Waals surface area contributed by atoms with Crippen molar-refractivity contribution in [1.29, 1.82) is 0 Å². The minimum atomic E-state index is -0.885. The highest BCUT2D eigenvalue weighted by molar-refractivity contribution is 9.10. The predicted molar refractivity (Wildman–Crippen MR) is 78.3 cm³/mol. The molecule has 7 heteroatoms. The standard InChI is InChI=1S/C13H17BrN2O4/c1-8(12(17)16-5-6-19-2)20-13(18)9-3-4-10(14)11(15)7-9/h3-4,7-8H,5-6,15H2,1-2H3,(H,16,17). The van der Waals surface area contributed by atoms with E-state index in [0.29, 0.717) is 28.9 Å². The van der Waals surface area contributed by atoms with Crippen LogP contribution >= 0.6 is 15.9 Å². The molecule has 0 saturated heterocycles. The maximum absolute atomic E-state index is 11.9. The SMILES string of the molecule is COCCNC(=O)C(C)OC(=O)c1ccc(Br)c(N)c1. The van der Waals surface area contributed by atoms with Crippen molar-refractivity contribution in [2.45, 2.75) is 13.0 Å². The highest BCUT2D eigenvalue weighted by Gasteiger charge is 2.18. The van der Waals surface area contributed by atoms with E-state index in [2.05, 4.69) is 21.2 Å². The van der Waals surface area contributed by atoms with E-state index in [-0.39, 0.29) is 5.91 Å². The first-order chi connectivity index (χ1) is 9.45. The lowest BCUT2D eigenvalue weighted by atomic mass is 10.2. The van der Waals surface area contributed by atoms with Gasteiger partial charge in [-0.15, -0.1) is 0 Å². The number of carbonyl (C=O) groups excluding carboxylic acids is 2. The fourth-order valence-corrected chi connectivity index (χ4v) is 1.62. The maximum atomic E-state index is 11.9. The van der Waals surface area contributed by atoms with Crippen LogP contribution in [-0.2, 0) is 14.3 Å². The van der Waals surface area contributed by atoms with E-state index >= 15 is 0 Å². The number of ether oxygens (including phenoxy) is 2. The van der Waals surface area contributed by atoms with Gasteiger partial charge in [0.05, 0.1) is 12.2 Å². The highest BCUT2D eigenvalue weighted by Crippen LogP contribution is 2.20. The molecule has 110 valence electrons. The van der Waals surface area contributed by atoms with Crippen LogP contribution in [-0.4, -0.2) is 38.2 Å². The summed E-state index contributed by atoms with van der Waals surface area (Å²) in [5.74, 6) is -0.973. The summed E-state index contributed by atoms with van der Waals surface area (Å²) in [6, 6.07) is 4.70. The molecule has 0 radical (unpaired) electrons. The summed E-state index contributed by atoms with van der Waals surface area (Å²) in [6.07, 6.45) is -0.885. The second-order valence-electron chi connectivity index (χ2n) is 4.07. The number of benzene rings is 1. The minimum absolute atomic E-state index is 0.294. The second-order valence-corrected chi connectivity index (χ2v) is 4.92. The van der Waals surface area contributed by atoms with Gasteiger partial charge in [-0.2, -0.15) is 0 Å². The van der Waals surface area contributed by atoms with Crippen LogP contribution in [0.4, 0.5) is 5.69 Å². The molecular formula is C13H17BrN2O4. The number of nitrogen functional groups attached to an aromatic ring is 1. The first-order valence-electron chi connectivity index (χ1n) is 5.98. The second kappa shape index (κ2) is 7.86. The van der Waals surface area contributed by atoms with Crippen molar-refractivity contribution in [3.05, 3.63) is 28.2 Å². The summed E-state index contributed by atoms with van der Waals surface area (Å²) in [6.45, 7) is 2.26. The number of hydrogen-bond acceptors (Lipinski definition) is 5. The Kier molecular flexibility index (Phi) is 6.47. The van der Waals surface area contributed by atoms with E-state index < -0.39 is 12.1 Å². The first-order valence-corrected chi connectivity index (χ1v) is 6.77. The van der Waals surface area contributed by atoms with Crippen molar-refractivity contribution in [3.63, 3.8) is 0 Å². The van der Waals surface area contributed by atoms with Crippen molar-refractivity contribution in [3.8, 4) is 0 Å². The van der Waals surface area contributed by atoms with E-state index in [0.717, 1.165) is 0 Å². The fraction of sp³-hybridized carbons (Fsp3) is 0.385. The average Bonchev–Trinajstić information content (AvgIpc) is 2.41. The van der Waals surface area contributed by atoms with E-state index in [1.807, 2.05) is 0 Å². The zero-order valence-electron chi connectivity index (χ0n) is 11.3. The van der Waals surface area contributed by atoms with Gasteiger partial charge in [0.2, 0.25) is 0 Å². The summed E-state index contributed by atoms with van der Waals surface area (Å²) < 4.78 is 10.6. The van der Waals surface area contributed by atoms with Crippen molar-refractivity contribution >= 4 is 33.5 Å². The van der Waals surface area contributed by atoms with Crippen LogP contribution in [0.2, 0.25) is 0 Å². The Balaban J connectivity index is 2.56. The van der Waals surface area contributed by atoms with Gasteiger partial charge < -0.3 is 20.5 Å². The number of methoxy groups -OCH3 is 1. The van der Waals surface area contributed by atoms with Crippen LogP contribution in [0.25, 0.3) is 0 Å². The third-order valence-electron chi connectivity index (χ3n) is 2.49. The number of halogens is 1. The largest absolute Gasteiger partial charge is 0.449 e. The van der Waals surface area contributed by atoms with Gasteiger partial charge in [-0.25, -0.2) is 4.79 Å². The molecule has 0 spiro atoms. The van der Waals surface area contributed by atoms with Crippen molar-refractivity contribution in [1.82, 2.24) is 5.32 Å². The Morgan fingerprint density at radius 1 is 1.45 bits per heavy atom. The molecule has 1 aromatic carbocycles. The summed E-state index contributed by atoms with van der Waals surface area (Å²) in [4.78, 5) is 23.5. The lowest BCUT2D eigenvalue weighted by Gasteiger charge is -2.13. The molecule has 0 aromatic heterocycles. The van der Waals surface area contributed by atoms with Crippen molar-refractivity contribution in [2.75, 3.05) is 26.0 Å². The molecule has 0 aliphatic rings. The molecule has 1 unspecified atom stereocenters. The Bertz CT molecular complexity index is 493. The third kappa shape index (κ3) is 4.82. The number of anilines is 1. The number of carbonyl (C=O) groups is 2. The number of hydrogen-bond donors (Lipinski definition) is 2. The van der Waals surface area contributed by atoms with Crippen LogP contribution < -0.4 is 11.1 Å². The summed E-state index contributed by atoms with van der Waals surface area (Å²) >= 11 is 3.23. The van der Waals surface area contributed by atoms with Gasteiger partial charge in [0.25, 0.3) is 5.91 Å². The lowest BCUT2D eigenvalue weighted by Crippen LogP contribution is -2.37. The lowest BCUT2D eigenvalue weighted by molar-refractivity contribution is -0.129.